The number of halogens is 3. The molecule has 2 N–H and O–H groups in total. The van der Waals surface area contributed by atoms with Gasteiger partial charge < -0.3 is 0 Å². The molecule has 0 aliphatic heterocycles. The number of nitrogens with zero attached hydrogens (tertiary/aromatic N) is 1. The van der Waals surface area contributed by atoms with Crippen LogP contribution in [0.1, 0.15) is 5.56 Å². The second kappa shape index (κ2) is 4.47. The Hall–Kier alpha value is -1.01. The van der Waals surface area contributed by atoms with Crippen molar-refractivity contribution in [3.63, 3.8) is 0 Å². The first-order chi connectivity index (χ1) is 6.55. The molecule has 6 heteroatoms. The van der Waals surface area contributed by atoms with Crippen molar-refractivity contribution in [3.8, 4) is 0 Å². The Morgan fingerprint density at radius 3 is 2.21 bits per heavy atom. The van der Waals surface area contributed by atoms with Crippen molar-refractivity contribution < 1.29 is 13.2 Å². The number of rotatable bonds is 2. The SMILES string of the molecule is NS/N=C(/c1ccccc1)C(F)(F)F. The molecule has 0 bridgehead atoms. The molecule has 0 aromatic heterocycles. The number of hydrogen-bond acceptors (Lipinski definition) is 3. The van der Waals surface area contributed by atoms with E-state index in [4.69, 9.17) is 5.14 Å². The van der Waals surface area contributed by atoms with Crippen molar-refractivity contribution in [1.82, 2.24) is 0 Å². The minimum absolute atomic E-state index is 0.0120. The largest absolute Gasteiger partial charge is 0.434 e. The summed E-state index contributed by atoms with van der Waals surface area (Å²) in [6.45, 7) is 0. The maximum Gasteiger partial charge on any atom is 0.434 e. The summed E-state index contributed by atoms with van der Waals surface area (Å²) in [5, 5.41) is 4.89. The lowest BCUT2D eigenvalue weighted by molar-refractivity contribution is -0.0578. The zero-order valence-corrected chi connectivity index (χ0v) is 7.77. The quantitative estimate of drug-likeness (QED) is 0.614. The zero-order valence-electron chi connectivity index (χ0n) is 6.95. The van der Waals surface area contributed by atoms with E-state index in [9.17, 15) is 13.2 Å². The summed E-state index contributed by atoms with van der Waals surface area (Å²) in [5.74, 6) is 0. The van der Waals surface area contributed by atoms with Gasteiger partial charge in [-0.3, -0.25) is 5.14 Å². The highest BCUT2D eigenvalue weighted by Gasteiger charge is 2.36. The molecule has 14 heavy (non-hydrogen) atoms. The molecule has 1 aromatic carbocycles. The Labute approximate surface area is 83.3 Å². The van der Waals surface area contributed by atoms with Crippen molar-refractivity contribution in [2.24, 2.45) is 9.54 Å². The Morgan fingerprint density at radius 2 is 1.79 bits per heavy atom. The second-order valence-electron chi connectivity index (χ2n) is 2.41. The molecule has 0 fully saturated rings. The van der Waals surface area contributed by atoms with Gasteiger partial charge in [-0.1, -0.05) is 30.3 Å². The van der Waals surface area contributed by atoms with Gasteiger partial charge >= 0.3 is 6.18 Å². The van der Waals surface area contributed by atoms with Gasteiger partial charge in [-0.2, -0.15) is 17.6 Å². The average molecular weight is 220 g/mol. The monoisotopic (exact) mass is 220 g/mol. The van der Waals surface area contributed by atoms with Crippen LogP contribution in [0.15, 0.2) is 34.7 Å². The van der Waals surface area contributed by atoms with Gasteiger partial charge in [0, 0.05) is 5.56 Å². The average Bonchev–Trinajstić information content (AvgIpc) is 2.14. The van der Waals surface area contributed by atoms with Crippen molar-refractivity contribution in [1.29, 1.82) is 0 Å². The predicted octanol–water partition coefficient (Wildman–Crippen LogP) is 2.56. The van der Waals surface area contributed by atoms with Gasteiger partial charge in [-0.25, -0.2) is 0 Å². The summed E-state index contributed by atoms with van der Waals surface area (Å²) >= 11 is 0.299. The first kappa shape index (κ1) is 11.1. The Kier molecular flexibility index (Phi) is 3.54. The highest BCUT2D eigenvalue weighted by atomic mass is 32.2. The molecular weight excluding hydrogens is 213 g/mol. The highest BCUT2D eigenvalue weighted by Crippen LogP contribution is 2.23. The fourth-order valence-electron chi connectivity index (χ4n) is 0.917. The topological polar surface area (TPSA) is 38.4 Å². The number of hydrogen-bond donors (Lipinski definition) is 1. The molecule has 0 aliphatic rings. The third-order valence-corrected chi connectivity index (χ3v) is 1.75. The maximum atomic E-state index is 12.4. The van der Waals surface area contributed by atoms with Crippen LogP contribution in [0.5, 0.6) is 0 Å². The number of nitrogens with two attached hydrogens (primary N) is 1. The highest BCUT2D eigenvalue weighted by molar-refractivity contribution is 7.95. The van der Waals surface area contributed by atoms with Crippen molar-refractivity contribution in [2.45, 2.75) is 6.18 Å². The van der Waals surface area contributed by atoms with Gasteiger partial charge in [0.05, 0.1) is 12.1 Å². The molecule has 0 saturated carbocycles. The smallest absolute Gasteiger partial charge is 0.258 e. The van der Waals surface area contributed by atoms with Crippen molar-refractivity contribution >= 4 is 17.8 Å². The van der Waals surface area contributed by atoms with E-state index < -0.39 is 11.9 Å². The molecule has 0 saturated heterocycles. The summed E-state index contributed by atoms with van der Waals surface area (Å²) < 4.78 is 40.3. The van der Waals surface area contributed by atoms with E-state index in [1.165, 1.54) is 24.3 Å². The number of benzene rings is 1. The fourth-order valence-corrected chi connectivity index (χ4v) is 1.23. The van der Waals surface area contributed by atoms with E-state index in [-0.39, 0.29) is 5.56 Å². The molecule has 1 aromatic rings. The molecule has 2 nitrogen and oxygen atoms in total. The minimum Gasteiger partial charge on any atom is -0.258 e. The fraction of sp³-hybridized carbons (Fsp3) is 0.125. The van der Waals surface area contributed by atoms with Gasteiger partial charge in [0.2, 0.25) is 0 Å². The van der Waals surface area contributed by atoms with E-state index in [2.05, 4.69) is 4.40 Å². The number of alkyl halides is 3. The zero-order chi connectivity index (χ0) is 10.6. The summed E-state index contributed by atoms with van der Waals surface area (Å²) in [4.78, 5) is 0. The maximum absolute atomic E-state index is 12.4. The van der Waals surface area contributed by atoms with Gasteiger partial charge in [0.1, 0.15) is 0 Å². The lowest BCUT2D eigenvalue weighted by Crippen LogP contribution is -2.23. The summed E-state index contributed by atoms with van der Waals surface area (Å²) in [5.41, 5.74) is -0.955. The van der Waals surface area contributed by atoms with E-state index >= 15 is 0 Å². The third-order valence-electron chi connectivity index (χ3n) is 1.46. The second-order valence-corrected chi connectivity index (χ2v) is 2.80. The van der Waals surface area contributed by atoms with Crippen LogP contribution in [-0.2, 0) is 0 Å². The van der Waals surface area contributed by atoms with Crippen LogP contribution in [0, 0.1) is 0 Å². The Morgan fingerprint density at radius 1 is 1.21 bits per heavy atom. The van der Waals surface area contributed by atoms with Crippen LogP contribution in [0.2, 0.25) is 0 Å². The van der Waals surface area contributed by atoms with Crippen LogP contribution in [0.25, 0.3) is 0 Å². The summed E-state index contributed by atoms with van der Waals surface area (Å²) in [7, 11) is 0. The van der Waals surface area contributed by atoms with Crippen LogP contribution in [0.4, 0.5) is 13.2 Å². The van der Waals surface area contributed by atoms with Gasteiger partial charge in [-0.05, 0) is 0 Å². The molecule has 0 amide bonds. The van der Waals surface area contributed by atoms with Crippen LogP contribution >= 0.6 is 12.1 Å². The molecule has 76 valence electrons. The van der Waals surface area contributed by atoms with Crippen molar-refractivity contribution in [2.75, 3.05) is 0 Å². The molecular formula is C8H7F3N2S. The molecule has 0 heterocycles. The summed E-state index contributed by atoms with van der Waals surface area (Å²) in [6, 6.07) is 7.33. The van der Waals surface area contributed by atoms with Gasteiger partial charge in [-0.15, -0.1) is 0 Å². The first-order valence-electron chi connectivity index (χ1n) is 3.62. The van der Waals surface area contributed by atoms with Gasteiger partial charge in [0.25, 0.3) is 0 Å². The molecule has 0 aliphatic carbocycles. The van der Waals surface area contributed by atoms with Crippen molar-refractivity contribution in [3.05, 3.63) is 35.9 Å². The summed E-state index contributed by atoms with van der Waals surface area (Å²) in [6.07, 6.45) is -4.48. The van der Waals surface area contributed by atoms with Crippen LogP contribution in [0.3, 0.4) is 0 Å². The molecule has 0 radical (unpaired) electrons. The van der Waals surface area contributed by atoms with E-state index in [1.54, 1.807) is 6.07 Å². The first-order valence-corrected chi connectivity index (χ1v) is 4.46. The van der Waals surface area contributed by atoms with E-state index in [0.717, 1.165) is 0 Å². The Bertz CT molecular complexity index is 321. The third kappa shape index (κ3) is 2.74. The molecule has 0 atom stereocenters. The minimum atomic E-state index is -4.48. The molecule has 1 rings (SSSR count). The standard InChI is InChI=1S/C8H7F3N2S/c9-8(10,11)7(13-14-12)6-4-2-1-3-5-6/h1-5H,12H2/b13-7-. The van der Waals surface area contributed by atoms with Gasteiger partial charge in [0.15, 0.2) is 5.71 Å². The predicted molar refractivity (Wildman–Crippen MR) is 50.8 cm³/mol. The lowest BCUT2D eigenvalue weighted by atomic mass is 10.1. The van der Waals surface area contributed by atoms with Crippen LogP contribution < -0.4 is 5.14 Å². The van der Waals surface area contributed by atoms with Crippen LogP contribution in [-0.4, -0.2) is 11.9 Å². The van der Waals surface area contributed by atoms with E-state index in [1.807, 2.05) is 0 Å². The lowest BCUT2D eigenvalue weighted by Gasteiger charge is -2.09. The normalized spacial score (nSPS) is 13.0. The molecule has 0 spiro atoms. The molecule has 0 unspecified atom stereocenters. The Balaban J connectivity index is 3.09. The van der Waals surface area contributed by atoms with E-state index in [0.29, 0.717) is 12.1 Å².